The predicted octanol–water partition coefficient (Wildman–Crippen LogP) is 3.75. The lowest BCUT2D eigenvalue weighted by molar-refractivity contribution is 0.0761. The summed E-state index contributed by atoms with van der Waals surface area (Å²) in [5.74, 6) is -1.78. The highest BCUT2D eigenvalue weighted by Gasteiger charge is 2.65. The lowest BCUT2D eigenvalue weighted by Gasteiger charge is -2.29. The maximum absolute atomic E-state index is 13.4. The molecule has 0 amide bonds. The lowest BCUT2D eigenvalue weighted by Crippen LogP contribution is -2.54. The van der Waals surface area contributed by atoms with Crippen molar-refractivity contribution in [2.45, 2.75) is 11.5 Å². The number of hydrazone groups is 1. The number of benzene rings is 2. The van der Waals surface area contributed by atoms with Crippen LogP contribution in [0.4, 0.5) is 0 Å². The SMILES string of the molecule is COP(=O)(OC)C1=NNC2(C(=O)c3ccccc3C2=O)C1c1ccc(Br)cc1. The molecule has 1 N–H and O–H groups in total. The number of ketones is 2. The number of halogens is 1. The van der Waals surface area contributed by atoms with Gasteiger partial charge in [-0.1, -0.05) is 52.3 Å². The van der Waals surface area contributed by atoms with E-state index in [9.17, 15) is 14.2 Å². The molecule has 0 aromatic heterocycles. The van der Waals surface area contributed by atoms with Crippen molar-refractivity contribution < 1.29 is 23.2 Å². The number of hydrogen-bond acceptors (Lipinski definition) is 7. The fourth-order valence-electron chi connectivity index (χ4n) is 3.77. The molecule has 0 fully saturated rings. The molecule has 1 aliphatic heterocycles. The maximum Gasteiger partial charge on any atom is 0.377 e. The number of carbonyl (C=O) groups is 2. The molecule has 144 valence electrons. The van der Waals surface area contributed by atoms with Crippen LogP contribution in [0.1, 0.15) is 32.2 Å². The van der Waals surface area contributed by atoms with Crippen molar-refractivity contribution >= 4 is 40.5 Å². The zero-order valence-electron chi connectivity index (χ0n) is 15.0. The highest BCUT2D eigenvalue weighted by Crippen LogP contribution is 2.58. The van der Waals surface area contributed by atoms with Crippen LogP contribution in [0, 0.1) is 0 Å². The summed E-state index contributed by atoms with van der Waals surface area (Å²) in [5, 5.41) is 4.15. The van der Waals surface area contributed by atoms with Crippen LogP contribution in [0.5, 0.6) is 0 Å². The molecule has 2 aromatic carbocycles. The van der Waals surface area contributed by atoms with Crippen molar-refractivity contribution in [3.8, 4) is 0 Å². The van der Waals surface area contributed by atoms with Crippen molar-refractivity contribution in [1.82, 2.24) is 5.43 Å². The Kier molecular flexibility index (Phi) is 4.62. The van der Waals surface area contributed by atoms with Gasteiger partial charge in [0, 0.05) is 29.8 Å². The molecule has 7 nitrogen and oxygen atoms in total. The third-order valence-corrected chi connectivity index (χ3v) is 7.54. The second-order valence-electron chi connectivity index (χ2n) is 6.44. The Balaban J connectivity index is 1.94. The normalized spacial score (nSPS) is 20.2. The van der Waals surface area contributed by atoms with E-state index in [1.807, 2.05) is 0 Å². The second-order valence-corrected chi connectivity index (χ2v) is 9.54. The van der Waals surface area contributed by atoms with Crippen LogP contribution >= 0.6 is 23.5 Å². The molecule has 2 aliphatic rings. The minimum Gasteiger partial charge on any atom is -0.308 e. The van der Waals surface area contributed by atoms with Crippen LogP contribution in [0.2, 0.25) is 0 Å². The van der Waals surface area contributed by atoms with Gasteiger partial charge >= 0.3 is 7.60 Å². The molecular formula is C19H16BrN2O5P. The fraction of sp³-hybridized carbons (Fsp3) is 0.211. The zero-order chi connectivity index (χ0) is 20.1. The molecule has 0 saturated heterocycles. The van der Waals surface area contributed by atoms with Gasteiger partial charge in [0.2, 0.25) is 0 Å². The van der Waals surface area contributed by atoms with Gasteiger partial charge in [-0.05, 0) is 17.7 Å². The minimum atomic E-state index is -3.82. The van der Waals surface area contributed by atoms with Gasteiger partial charge in [-0.25, -0.2) is 0 Å². The summed E-state index contributed by atoms with van der Waals surface area (Å²) in [6, 6.07) is 13.7. The first-order chi connectivity index (χ1) is 13.4. The summed E-state index contributed by atoms with van der Waals surface area (Å²) in [6.07, 6.45) is 0. The number of Topliss-reactive ketones (excluding diaryl/α,β-unsaturated/α-hetero) is 2. The van der Waals surface area contributed by atoms with E-state index >= 15 is 0 Å². The Morgan fingerprint density at radius 3 is 2.04 bits per heavy atom. The Morgan fingerprint density at radius 2 is 1.54 bits per heavy atom. The Bertz CT molecular complexity index is 1020. The number of nitrogens with zero attached hydrogens (tertiary/aromatic N) is 1. The van der Waals surface area contributed by atoms with E-state index in [4.69, 9.17) is 9.05 Å². The van der Waals surface area contributed by atoms with Crippen molar-refractivity contribution in [2.75, 3.05) is 14.2 Å². The number of nitrogens with one attached hydrogen (secondary N) is 1. The van der Waals surface area contributed by atoms with Crippen LogP contribution in [0.25, 0.3) is 0 Å². The molecule has 0 bridgehead atoms. The standard InChI is InChI=1S/C19H16BrN2O5P/c1-26-28(25,27-2)18-15(11-7-9-12(20)10-8-11)19(22-21-18)16(23)13-5-3-4-6-14(13)17(19)24/h3-10,15,22H,1-2H3. The van der Waals surface area contributed by atoms with E-state index in [2.05, 4.69) is 26.5 Å². The molecule has 1 spiro atoms. The van der Waals surface area contributed by atoms with Gasteiger partial charge in [0.1, 0.15) is 0 Å². The van der Waals surface area contributed by atoms with Gasteiger partial charge in [-0.2, -0.15) is 5.10 Å². The molecule has 0 radical (unpaired) electrons. The smallest absolute Gasteiger partial charge is 0.308 e. The quantitative estimate of drug-likeness (QED) is 0.549. The molecule has 4 rings (SSSR count). The number of fused-ring (bicyclic) bond motifs is 1. The van der Waals surface area contributed by atoms with E-state index in [-0.39, 0.29) is 5.45 Å². The largest absolute Gasteiger partial charge is 0.377 e. The van der Waals surface area contributed by atoms with Gasteiger partial charge in [-0.3, -0.25) is 19.6 Å². The summed E-state index contributed by atoms with van der Waals surface area (Å²) in [4.78, 5) is 26.8. The van der Waals surface area contributed by atoms with Crippen molar-refractivity contribution in [3.05, 3.63) is 69.7 Å². The predicted molar refractivity (Wildman–Crippen MR) is 107 cm³/mol. The molecule has 1 aliphatic carbocycles. The topological polar surface area (TPSA) is 94.1 Å². The lowest BCUT2D eigenvalue weighted by atomic mass is 9.77. The molecule has 0 saturated carbocycles. The molecule has 9 heteroatoms. The first-order valence-electron chi connectivity index (χ1n) is 8.40. The number of rotatable bonds is 4. The molecular weight excluding hydrogens is 447 g/mol. The second kappa shape index (κ2) is 6.74. The first kappa shape index (κ1) is 19.2. The molecule has 1 heterocycles. The average Bonchev–Trinajstić information content (AvgIpc) is 3.23. The third kappa shape index (κ3) is 2.49. The summed E-state index contributed by atoms with van der Waals surface area (Å²) >= 11 is 3.37. The number of hydrogen-bond donors (Lipinski definition) is 1. The van der Waals surface area contributed by atoms with Crippen LogP contribution in [0.15, 0.2) is 58.1 Å². The summed E-state index contributed by atoms with van der Waals surface area (Å²) in [7, 11) is -1.34. The van der Waals surface area contributed by atoms with E-state index in [0.717, 1.165) is 4.47 Å². The van der Waals surface area contributed by atoms with Gasteiger partial charge < -0.3 is 9.05 Å². The Morgan fingerprint density at radius 1 is 1.00 bits per heavy atom. The van der Waals surface area contributed by atoms with E-state index < -0.39 is 30.6 Å². The highest BCUT2D eigenvalue weighted by molar-refractivity contribution is 9.10. The molecule has 28 heavy (non-hydrogen) atoms. The van der Waals surface area contributed by atoms with E-state index in [1.165, 1.54) is 14.2 Å². The molecule has 1 atom stereocenters. The van der Waals surface area contributed by atoms with Crippen LogP contribution in [-0.4, -0.2) is 36.8 Å². The van der Waals surface area contributed by atoms with Gasteiger partial charge in [0.25, 0.3) is 0 Å². The summed E-state index contributed by atoms with van der Waals surface area (Å²) < 4.78 is 24.3. The van der Waals surface area contributed by atoms with E-state index in [1.54, 1.807) is 48.5 Å². The monoisotopic (exact) mass is 462 g/mol. The molecule has 1 unspecified atom stereocenters. The average molecular weight is 463 g/mol. The Labute approximate surface area is 169 Å². The summed E-state index contributed by atoms with van der Waals surface area (Å²) in [5.41, 5.74) is 2.19. The maximum atomic E-state index is 13.4. The fourth-order valence-corrected chi connectivity index (χ4v) is 5.39. The van der Waals surface area contributed by atoms with Gasteiger partial charge in [0.05, 0.1) is 5.92 Å². The minimum absolute atomic E-state index is 0.00525. The van der Waals surface area contributed by atoms with Crippen LogP contribution in [-0.2, 0) is 13.6 Å². The van der Waals surface area contributed by atoms with Crippen LogP contribution < -0.4 is 5.43 Å². The van der Waals surface area contributed by atoms with Gasteiger partial charge in [0.15, 0.2) is 22.6 Å². The van der Waals surface area contributed by atoms with Crippen molar-refractivity contribution in [2.24, 2.45) is 5.10 Å². The highest BCUT2D eigenvalue weighted by atomic mass is 79.9. The molecule has 2 aromatic rings. The van der Waals surface area contributed by atoms with Crippen molar-refractivity contribution in [3.63, 3.8) is 0 Å². The number of carbonyl (C=O) groups excluding carboxylic acids is 2. The third-order valence-electron chi connectivity index (χ3n) is 5.14. The Hall–Kier alpha value is -2.12. The zero-order valence-corrected chi connectivity index (χ0v) is 17.5. The summed E-state index contributed by atoms with van der Waals surface area (Å²) in [6.45, 7) is 0. The van der Waals surface area contributed by atoms with Gasteiger partial charge in [-0.15, -0.1) is 0 Å². The van der Waals surface area contributed by atoms with E-state index in [0.29, 0.717) is 16.7 Å². The van der Waals surface area contributed by atoms with Crippen LogP contribution in [0.3, 0.4) is 0 Å². The van der Waals surface area contributed by atoms with Crippen molar-refractivity contribution in [1.29, 1.82) is 0 Å². The first-order valence-corrected chi connectivity index (χ1v) is 10.7.